The zero-order chi connectivity index (χ0) is 22.1. The number of carbonyl (C=O) groups excluding carboxylic acids is 1. The fourth-order valence-electron chi connectivity index (χ4n) is 4.81. The highest BCUT2D eigenvalue weighted by atomic mass is 16.5. The van der Waals surface area contributed by atoms with E-state index >= 15 is 0 Å². The van der Waals surface area contributed by atoms with Gasteiger partial charge in [0.1, 0.15) is 11.5 Å². The Morgan fingerprint density at radius 2 is 1.59 bits per heavy atom. The Morgan fingerprint density at radius 1 is 0.906 bits per heavy atom. The summed E-state index contributed by atoms with van der Waals surface area (Å²) in [6.45, 7) is 2.16. The number of carbonyl (C=O) groups is 1. The summed E-state index contributed by atoms with van der Waals surface area (Å²) in [6, 6.07) is 24.7. The molecule has 0 saturated heterocycles. The summed E-state index contributed by atoms with van der Waals surface area (Å²) in [5.74, 6) is 0.855. The summed E-state index contributed by atoms with van der Waals surface area (Å²) < 4.78 is 5.30. The van der Waals surface area contributed by atoms with E-state index in [2.05, 4.69) is 72.2 Å². The van der Waals surface area contributed by atoms with Crippen LogP contribution in [0.15, 0.2) is 84.6 Å². The summed E-state index contributed by atoms with van der Waals surface area (Å²) in [6.07, 6.45) is 3.73. The van der Waals surface area contributed by atoms with Crippen LogP contribution in [0.1, 0.15) is 42.0 Å². The largest absolute Gasteiger partial charge is 0.497 e. The molecule has 0 amide bonds. The van der Waals surface area contributed by atoms with Crippen molar-refractivity contribution >= 4 is 17.2 Å². The highest BCUT2D eigenvalue weighted by Gasteiger charge is 2.39. The van der Waals surface area contributed by atoms with Crippen LogP contribution in [0.2, 0.25) is 0 Å². The summed E-state index contributed by atoms with van der Waals surface area (Å²) in [5, 5.41) is 7.26. The number of benzene rings is 3. The second kappa shape index (κ2) is 8.54. The molecule has 162 valence electrons. The Balaban J connectivity index is 1.57. The first-order chi connectivity index (χ1) is 15.7. The quantitative estimate of drug-likeness (QED) is 0.532. The third-order valence-electron chi connectivity index (χ3n) is 6.63. The number of hydrogen-bond donors (Lipinski definition) is 2. The molecule has 2 aliphatic rings. The van der Waals surface area contributed by atoms with Crippen molar-refractivity contribution in [3.63, 3.8) is 0 Å². The molecule has 4 nitrogen and oxygen atoms in total. The van der Waals surface area contributed by atoms with Gasteiger partial charge in [0, 0.05) is 18.0 Å². The predicted octanol–water partition coefficient (Wildman–Crippen LogP) is 6.09. The van der Waals surface area contributed by atoms with Gasteiger partial charge in [0.25, 0.3) is 0 Å². The summed E-state index contributed by atoms with van der Waals surface area (Å²) in [7, 11) is 1.67. The number of allylic oxidation sites excluding steroid dienone is 1. The molecule has 4 heteroatoms. The lowest BCUT2D eigenvalue weighted by molar-refractivity contribution is -0.122. The number of methoxy groups -OCH3 is 1. The van der Waals surface area contributed by atoms with Gasteiger partial charge in [-0.05, 0) is 47.4 Å². The van der Waals surface area contributed by atoms with Gasteiger partial charge in [-0.1, -0.05) is 61.5 Å². The van der Waals surface area contributed by atoms with E-state index in [4.69, 9.17) is 4.74 Å². The van der Waals surface area contributed by atoms with Crippen LogP contribution in [0.3, 0.4) is 0 Å². The number of ketones is 1. The van der Waals surface area contributed by atoms with Gasteiger partial charge in [-0.2, -0.15) is 0 Å². The van der Waals surface area contributed by atoms with Crippen LogP contribution in [-0.2, 0) is 11.2 Å². The third kappa shape index (κ3) is 3.77. The van der Waals surface area contributed by atoms with Crippen LogP contribution in [0.5, 0.6) is 5.75 Å². The molecule has 32 heavy (non-hydrogen) atoms. The van der Waals surface area contributed by atoms with Crippen LogP contribution < -0.4 is 15.4 Å². The molecule has 1 heterocycles. The molecule has 5 rings (SSSR count). The number of anilines is 2. The number of rotatable bonds is 4. The molecule has 3 unspecified atom stereocenters. The van der Waals surface area contributed by atoms with E-state index in [1.165, 1.54) is 5.56 Å². The van der Waals surface area contributed by atoms with E-state index in [0.29, 0.717) is 6.42 Å². The number of aryl methyl sites for hydroxylation is 1. The van der Waals surface area contributed by atoms with Crippen molar-refractivity contribution in [2.75, 3.05) is 17.7 Å². The predicted molar refractivity (Wildman–Crippen MR) is 129 cm³/mol. The maximum atomic E-state index is 13.6. The lowest BCUT2D eigenvalue weighted by Crippen LogP contribution is -2.33. The average molecular weight is 425 g/mol. The molecular weight excluding hydrogens is 396 g/mol. The van der Waals surface area contributed by atoms with Crippen LogP contribution >= 0.6 is 0 Å². The molecule has 1 aliphatic heterocycles. The highest BCUT2D eigenvalue weighted by molar-refractivity contribution is 5.90. The van der Waals surface area contributed by atoms with E-state index in [0.717, 1.165) is 40.4 Å². The zero-order valence-electron chi connectivity index (χ0n) is 18.5. The van der Waals surface area contributed by atoms with Gasteiger partial charge in [-0.3, -0.25) is 4.79 Å². The van der Waals surface area contributed by atoms with Gasteiger partial charge < -0.3 is 15.4 Å². The smallest absolute Gasteiger partial charge is 0.145 e. The van der Waals surface area contributed by atoms with Crippen LogP contribution in [0.25, 0.3) is 0 Å². The Kier molecular flexibility index (Phi) is 5.44. The van der Waals surface area contributed by atoms with Gasteiger partial charge in [0.05, 0.1) is 30.4 Å². The number of Topliss-reactive ketones (excluding diaryl/α,β-unsaturated/α-hetero) is 1. The minimum Gasteiger partial charge on any atom is -0.497 e. The van der Waals surface area contributed by atoms with Crippen molar-refractivity contribution in [1.82, 2.24) is 0 Å². The molecule has 0 radical (unpaired) electrons. The molecule has 1 aliphatic carbocycles. The van der Waals surface area contributed by atoms with Crippen molar-refractivity contribution in [1.29, 1.82) is 0 Å². The van der Waals surface area contributed by atoms with Crippen molar-refractivity contribution in [2.45, 2.75) is 31.7 Å². The molecule has 0 saturated carbocycles. The molecule has 0 bridgehead atoms. The Hall–Kier alpha value is -3.53. The van der Waals surface area contributed by atoms with E-state index in [-0.39, 0.29) is 23.7 Å². The van der Waals surface area contributed by atoms with Crippen molar-refractivity contribution in [3.8, 4) is 5.75 Å². The molecule has 3 aromatic carbocycles. The van der Waals surface area contributed by atoms with Crippen LogP contribution in [0.4, 0.5) is 11.4 Å². The number of fused-ring (bicyclic) bond motifs is 2. The zero-order valence-corrected chi connectivity index (χ0v) is 18.5. The second-order valence-corrected chi connectivity index (χ2v) is 8.54. The van der Waals surface area contributed by atoms with Gasteiger partial charge in [-0.25, -0.2) is 0 Å². The molecular formula is C28H28N2O2. The van der Waals surface area contributed by atoms with Crippen molar-refractivity contribution in [3.05, 3.63) is 101 Å². The fraction of sp³-hybridized carbons (Fsp3) is 0.250. The van der Waals surface area contributed by atoms with E-state index in [9.17, 15) is 4.79 Å². The average Bonchev–Trinajstić information content (AvgIpc) is 3.01. The Bertz CT molecular complexity index is 1150. The van der Waals surface area contributed by atoms with Crippen LogP contribution in [-0.4, -0.2) is 12.9 Å². The minimum absolute atomic E-state index is 0.0422. The SMILES string of the molecule is CCc1ccc(C2Nc3ccccc3NC3=CC(c4ccc(OC)cc4)CC(=O)C32)cc1. The molecule has 3 aromatic rings. The highest BCUT2D eigenvalue weighted by Crippen LogP contribution is 2.44. The first-order valence-electron chi connectivity index (χ1n) is 11.3. The van der Waals surface area contributed by atoms with Crippen molar-refractivity contribution < 1.29 is 9.53 Å². The number of ether oxygens (including phenoxy) is 1. The lowest BCUT2D eigenvalue weighted by atomic mass is 9.76. The van der Waals surface area contributed by atoms with Gasteiger partial charge in [0.2, 0.25) is 0 Å². The first-order valence-corrected chi connectivity index (χ1v) is 11.3. The molecule has 2 N–H and O–H groups in total. The van der Waals surface area contributed by atoms with E-state index in [1.54, 1.807) is 7.11 Å². The maximum absolute atomic E-state index is 13.6. The van der Waals surface area contributed by atoms with E-state index in [1.807, 2.05) is 24.3 Å². The minimum atomic E-state index is -0.260. The Labute approximate surface area is 189 Å². The number of nitrogens with one attached hydrogen (secondary N) is 2. The number of para-hydroxylation sites is 2. The normalized spacial score (nSPS) is 21.9. The molecule has 0 aromatic heterocycles. The summed E-state index contributed by atoms with van der Waals surface area (Å²) in [4.78, 5) is 13.6. The van der Waals surface area contributed by atoms with Gasteiger partial charge >= 0.3 is 0 Å². The van der Waals surface area contributed by atoms with Crippen molar-refractivity contribution in [2.24, 2.45) is 5.92 Å². The molecule has 0 spiro atoms. The standard InChI is InChI=1S/C28H28N2O2/c1-3-18-8-10-20(11-9-18)28-27-25(29-23-6-4-5-7-24(23)30-28)16-21(17-26(27)31)19-12-14-22(32-2)15-13-19/h4-16,21,27-30H,3,17H2,1-2H3. The Morgan fingerprint density at radius 3 is 2.28 bits per heavy atom. The molecule has 0 fully saturated rings. The van der Waals surface area contributed by atoms with Crippen LogP contribution in [0, 0.1) is 5.92 Å². The second-order valence-electron chi connectivity index (χ2n) is 8.54. The maximum Gasteiger partial charge on any atom is 0.145 e. The third-order valence-corrected chi connectivity index (χ3v) is 6.63. The number of hydrogen-bond acceptors (Lipinski definition) is 4. The summed E-state index contributed by atoms with van der Waals surface area (Å²) >= 11 is 0. The van der Waals surface area contributed by atoms with E-state index < -0.39 is 0 Å². The van der Waals surface area contributed by atoms with Gasteiger partial charge in [0.15, 0.2) is 0 Å². The first kappa shape index (κ1) is 20.4. The van der Waals surface area contributed by atoms with Gasteiger partial charge in [-0.15, -0.1) is 0 Å². The topological polar surface area (TPSA) is 50.4 Å². The lowest BCUT2D eigenvalue weighted by Gasteiger charge is -2.32. The summed E-state index contributed by atoms with van der Waals surface area (Å²) in [5.41, 5.74) is 6.55. The monoisotopic (exact) mass is 424 g/mol. The molecule has 3 atom stereocenters. The fourth-order valence-corrected chi connectivity index (χ4v) is 4.81.